The lowest BCUT2D eigenvalue weighted by atomic mass is 9.92. The van der Waals surface area contributed by atoms with E-state index in [1.165, 1.54) is 31.7 Å². The van der Waals surface area contributed by atoms with E-state index in [1.807, 2.05) is 6.92 Å². The van der Waals surface area contributed by atoms with E-state index in [0.29, 0.717) is 0 Å². The molecular weight excluding hydrogens is 300 g/mol. The van der Waals surface area contributed by atoms with E-state index in [1.54, 1.807) is 0 Å². The molecule has 4 nitrogen and oxygen atoms in total. The predicted octanol–water partition coefficient (Wildman–Crippen LogP) is 5.21. The van der Waals surface area contributed by atoms with Gasteiger partial charge >= 0.3 is 5.97 Å². The number of ether oxygens (including phenoxy) is 1. The Bertz CT molecular complexity index is 450. The molecule has 0 saturated heterocycles. The second kappa shape index (κ2) is 9.78. The number of hydrogen-bond donors (Lipinski definition) is 0. The average Bonchev–Trinajstić information content (AvgIpc) is 2.50. The van der Waals surface area contributed by atoms with Crippen molar-refractivity contribution >= 4 is 17.6 Å². The molecule has 0 N–H and O–H groups in total. The van der Waals surface area contributed by atoms with Crippen LogP contribution in [0.1, 0.15) is 82.6 Å². The fourth-order valence-electron chi connectivity index (χ4n) is 2.40. The monoisotopic (exact) mass is 326 g/mol. The van der Waals surface area contributed by atoms with Gasteiger partial charge in [-0.1, -0.05) is 51.1 Å². The number of nitrogens with zero attached hydrogens (tertiary/aromatic N) is 2. The van der Waals surface area contributed by atoms with Crippen molar-refractivity contribution in [3.63, 3.8) is 0 Å². The van der Waals surface area contributed by atoms with Gasteiger partial charge in [0, 0.05) is 0 Å². The standard InChI is InChI=1S/C17H27ClN2O2/c1-4-6-8-9-11-17(3,10-7-5-2)22-16(21)14-12-20-15(18)13-19-14/h12-13H,4-11H2,1-3H3/t17-/m0/s1. The van der Waals surface area contributed by atoms with Gasteiger partial charge in [0.2, 0.25) is 0 Å². The van der Waals surface area contributed by atoms with E-state index in [9.17, 15) is 4.79 Å². The summed E-state index contributed by atoms with van der Waals surface area (Å²) in [7, 11) is 0. The van der Waals surface area contributed by atoms with Crippen molar-refractivity contribution in [3.8, 4) is 0 Å². The smallest absolute Gasteiger partial charge is 0.359 e. The first-order chi connectivity index (χ1) is 10.5. The summed E-state index contributed by atoms with van der Waals surface area (Å²) < 4.78 is 5.76. The van der Waals surface area contributed by atoms with Gasteiger partial charge in [0.15, 0.2) is 5.69 Å². The maximum Gasteiger partial charge on any atom is 0.359 e. The Labute approximate surface area is 138 Å². The number of carbonyl (C=O) groups excluding carboxylic acids is 1. The van der Waals surface area contributed by atoms with Crippen LogP contribution in [0.3, 0.4) is 0 Å². The van der Waals surface area contributed by atoms with Crippen molar-refractivity contribution in [2.24, 2.45) is 0 Å². The molecule has 1 rings (SSSR count). The van der Waals surface area contributed by atoms with Crippen LogP contribution in [0.25, 0.3) is 0 Å². The Balaban J connectivity index is 2.65. The van der Waals surface area contributed by atoms with Crippen LogP contribution in [0, 0.1) is 0 Å². The molecule has 0 aliphatic carbocycles. The maximum absolute atomic E-state index is 12.3. The lowest BCUT2D eigenvalue weighted by Gasteiger charge is -2.29. The molecule has 0 unspecified atom stereocenters. The molecule has 124 valence electrons. The molecule has 1 aromatic heterocycles. The third-order valence-corrected chi connectivity index (χ3v) is 3.98. The maximum atomic E-state index is 12.3. The van der Waals surface area contributed by atoms with Crippen molar-refractivity contribution in [3.05, 3.63) is 23.2 Å². The molecule has 1 heterocycles. The van der Waals surface area contributed by atoms with E-state index < -0.39 is 11.6 Å². The first-order valence-corrected chi connectivity index (χ1v) is 8.59. The summed E-state index contributed by atoms with van der Waals surface area (Å²) >= 11 is 5.69. The Morgan fingerprint density at radius 3 is 2.36 bits per heavy atom. The summed E-state index contributed by atoms with van der Waals surface area (Å²) in [6.07, 6.45) is 11.3. The minimum absolute atomic E-state index is 0.209. The van der Waals surface area contributed by atoms with E-state index in [2.05, 4.69) is 23.8 Å². The molecule has 0 amide bonds. The molecule has 0 spiro atoms. The Morgan fingerprint density at radius 1 is 1.09 bits per heavy atom. The molecule has 1 aromatic rings. The van der Waals surface area contributed by atoms with Crippen molar-refractivity contribution in [1.29, 1.82) is 0 Å². The molecule has 0 aliphatic rings. The summed E-state index contributed by atoms with van der Waals surface area (Å²) in [5.74, 6) is -0.418. The number of halogens is 1. The van der Waals surface area contributed by atoms with Crippen LogP contribution in [-0.4, -0.2) is 21.5 Å². The number of carbonyl (C=O) groups is 1. The van der Waals surface area contributed by atoms with E-state index in [0.717, 1.165) is 32.1 Å². The topological polar surface area (TPSA) is 52.1 Å². The highest BCUT2D eigenvalue weighted by molar-refractivity contribution is 6.29. The average molecular weight is 327 g/mol. The Hall–Kier alpha value is -1.16. The minimum Gasteiger partial charge on any atom is -0.455 e. The zero-order valence-electron chi connectivity index (χ0n) is 13.9. The molecular formula is C17H27ClN2O2. The summed E-state index contributed by atoms with van der Waals surface area (Å²) in [5.41, 5.74) is -0.219. The summed E-state index contributed by atoms with van der Waals surface area (Å²) in [6.45, 7) is 6.36. The van der Waals surface area contributed by atoms with Gasteiger partial charge in [0.1, 0.15) is 10.8 Å². The van der Waals surface area contributed by atoms with Gasteiger partial charge in [-0.2, -0.15) is 0 Å². The number of esters is 1. The van der Waals surface area contributed by atoms with Gasteiger partial charge in [-0.3, -0.25) is 0 Å². The Kier molecular flexibility index (Phi) is 8.39. The highest BCUT2D eigenvalue weighted by atomic mass is 35.5. The SMILES string of the molecule is CCCCCC[C@](C)(CCCC)OC(=O)c1cnc(Cl)cn1. The normalized spacial score (nSPS) is 13.6. The van der Waals surface area contributed by atoms with E-state index in [-0.39, 0.29) is 10.8 Å². The molecule has 0 aliphatic heterocycles. The summed E-state index contributed by atoms with van der Waals surface area (Å²) in [5, 5.41) is 0.268. The zero-order chi connectivity index (χ0) is 16.4. The lowest BCUT2D eigenvalue weighted by molar-refractivity contribution is -0.0203. The molecule has 0 aromatic carbocycles. The van der Waals surface area contributed by atoms with Gasteiger partial charge in [-0.25, -0.2) is 14.8 Å². The van der Waals surface area contributed by atoms with Gasteiger partial charge in [-0.15, -0.1) is 0 Å². The molecule has 0 saturated carbocycles. The van der Waals surface area contributed by atoms with Gasteiger partial charge in [0.25, 0.3) is 0 Å². The van der Waals surface area contributed by atoms with Crippen LogP contribution in [0.15, 0.2) is 12.4 Å². The lowest BCUT2D eigenvalue weighted by Crippen LogP contribution is -2.32. The largest absolute Gasteiger partial charge is 0.455 e. The molecule has 0 fully saturated rings. The van der Waals surface area contributed by atoms with E-state index >= 15 is 0 Å². The zero-order valence-corrected chi connectivity index (χ0v) is 14.7. The van der Waals surface area contributed by atoms with Crippen molar-refractivity contribution < 1.29 is 9.53 Å². The summed E-state index contributed by atoms with van der Waals surface area (Å²) in [6, 6.07) is 0. The van der Waals surface area contributed by atoms with Crippen molar-refractivity contribution in [2.45, 2.75) is 77.7 Å². The second-order valence-corrected chi connectivity index (χ2v) is 6.37. The number of aromatic nitrogens is 2. The molecule has 22 heavy (non-hydrogen) atoms. The van der Waals surface area contributed by atoms with Crippen LogP contribution >= 0.6 is 11.6 Å². The number of hydrogen-bond acceptors (Lipinski definition) is 4. The number of rotatable bonds is 10. The van der Waals surface area contributed by atoms with Crippen LogP contribution in [0.2, 0.25) is 5.15 Å². The second-order valence-electron chi connectivity index (χ2n) is 5.98. The van der Waals surface area contributed by atoms with Gasteiger partial charge in [-0.05, 0) is 32.6 Å². The highest BCUT2D eigenvalue weighted by Gasteiger charge is 2.28. The van der Waals surface area contributed by atoms with E-state index in [4.69, 9.17) is 16.3 Å². The van der Waals surface area contributed by atoms with Crippen LogP contribution < -0.4 is 0 Å². The van der Waals surface area contributed by atoms with Crippen LogP contribution in [-0.2, 0) is 4.74 Å². The van der Waals surface area contributed by atoms with Gasteiger partial charge < -0.3 is 4.74 Å². The number of unbranched alkanes of at least 4 members (excludes halogenated alkanes) is 4. The molecule has 0 bridgehead atoms. The van der Waals surface area contributed by atoms with Crippen molar-refractivity contribution in [2.75, 3.05) is 0 Å². The quantitative estimate of drug-likeness (QED) is 0.437. The predicted molar refractivity (Wildman–Crippen MR) is 89.1 cm³/mol. The van der Waals surface area contributed by atoms with Gasteiger partial charge in [0.05, 0.1) is 12.4 Å². The third kappa shape index (κ3) is 6.73. The molecule has 0 radical (unpaired) electrons. The van der Waals surface area contributed by atoms with Crippen LogP contribution in [0.4, 0.5) is 0 Å². The molecule has 5 heteroatoms. The third-order valence-electron chi connectivity index (χ3n) is 3.79. The fourth-order valence-corrected chi connectivity index (χ4v) is 2.49. The fraction of sp³-hybridized carbons (Fsp3) is 0.706. The first kappa shape index (κ1) is 18.9. The van der Waals surface area contributed by atoms with Crippen molar-refractivity contribution in [1.82, 2.24) is 9.97 Å². The summed E-state index contributed by atoms with van der Waals surface area (Å²) in [4.78, 5) is 20.1. The first-order valence-electron chi connectivity index (χ1n) is 8.21. The Morgan fingerprint density at radius 2 is 1.77 bits per heavy atom. The minimum atomic E-state index is -0.428. The van der Waals surface area contributed by atoms with Crippen LogP contribution in [0.5, 0.6) is 0 Å². The highest BCUT2D eigenvalue weighted by Crippen LogP contribution is 2.27. The molecule has 1 atom stereocenters.